The largest absolute Gasteiger partial charge is 1.00 e. The molecule has 1 saturated heterocycles. The first-order chi connectivity index (χ1) is 12.7. The third-order valence-corrected chi connectivity index (χ3v) is 5.57. The van der Waals surface area contributed by atoms with Gasteiger partial charge in [-0.15, -0.1) is 5.92 Å². The van der Waals surface area contributed by atoms with Crippen molar-refractivity contribution in [3.8, 4) is 11.8 Å². The second-order valence-corrected chi connectivity index (χ2v) is 10.1. The Kier molecular flexibility index (Phi) is 12.0. The van der Waals surface area contributed by atoms with Gasteiger partial charge in [0.2, 0.25) is 0 Å². The quantitative estimate of drug-likeness (QED) is 0.468. The molecule has 1 aliphatic rings. The number of ether oxygens (including phenoxy) is 2. The molecule has 1 fully saturated rings. The SMILES string of the molecule is CCC(CCC(C)(C)CC)C([O-])C#CC1COC(C)(C)N1C(=O)OC(C)(C)C.[K+]. The minimum atomic E-state index is -0.957. The molecule has 1 aliphatic heterocycles. The summed E-state index contributed by atoms with van der Waals surface area (Å²) < 4.78 is 11.3. The van der Waals surface area contributed by atoms with Gasteiger partial charge >= 0.3 is 57.5 Å². The van der Waals surface area contributed by atoms with E-state index in [-0.39, 0.29) is 69.3 Å². The van der Waals surface area contributed by atoms with E-state index >= 15 is 0 Å². The maximum absolute atomic E-state index is 12.7. The van der Waals surface area contributed by atoms with Crippen LogP contribution in [0.15, 0.2) is 0 Å². The van der Waals surface area contributed by atoms with Crippen molar-refractivity contribution in [3.63, 3.8) is 0 Å². The van der Waals surface area contributed by atoms with Crippen LogP contribution in [-0.2, 0) is 9.47 Å². The maximum Gasteiger partial charge on any atom is 1.00 e. The van der Waals surface area contributed by atoms with Crippen LogP contribution in [0.5, 0.6) is 0 Å². The second kappa shape index (κ2) is 11.9. The zero-order valence-electron chi connectivity index (χ0n) is 20.3. The molecule has 3 atom stereocenters. The van der Waals surface area contributed by atoms with E-state index < -0.39 is 29.6 Å². The summed E-state index contributed by atoms with van der Waals surface area (Å²) in [6.45, 7) is 18.1. The van der Waals surface area contributed by atoms with Crippen LogP contribution in [0.1, 0.15) is 88.0 Å². The van der Waals surface area contributed by atoms with Gasteiger partial charge in [-0.2, -0.15) is 0 Å². The Balaban J connectivity index is 0.00000784. The van der Waals surface area contributed by atoms with Crippen LogP contribution < -0.4 is 56.5 Å². The minimum Gasteiger partial charge on any atom is -0.842 e. The Morgan fingerprint density at radius 1 is 1.28 bits per heavy atom. The fourth-order valence-corrected chi connectivity index (χ4v) is 3.19. The van der Waals surface area contributed by atoms with E-state index in [4.69, 9.17) is 9.47 Å². The molecule has 0 aromatic carbocycles. The minimum absolute atomic E-state index is 0. The van der Waals surface area contributed by atoms with Crippen LogP contribution in [-0.4, -0.2) is 41.1 Å². The molecule has 1 amide bonds. The molecule has 0 bridgehead atoms. The first-order valence-corrected chi connectivity index (χ1v) is 10.6. The third-order valence-electron chi connectivity index (χ3n) is 5.57. The summed E-state index contributed by atoms with van der Waals surface area (Å²) in [6, 6.07) is -0.467. The van der Waals surface area contributed by atoms with Gasteiger partial charge in [0.05, 0.1) is 6.61 Å². The van der Waals surface area contributed by atoms with Gasteiger partial charge < -0.3 is 14.6 Å². The number of nitrogens with zero attached hydrogens (tertiary/aromatic N) is 1. The van der Waals surface area contributed by atoms with Crippen molar-refractivity contribution in [3.05, 3.63) is 0 Å². The monoisotopic (exact) mass is 433 g/mol. The molecule has 0 aromatic heterocycles. The molecule has 0 aromatic rings. The molecule has 162 valence electrons. The van der Waals surface area contributed by atoms with E-state index in [0.717, 1.165) is 25.7 Å². The first-order valence-electron chi connectivity index (χ1n) is 10.6. The van der Waals surface area contributed by atoms with Gasteiger partial charge in [0.1, 0.15) is 17.4 Å². The van der Waals surface area contributed by atoms with Crippen LogP contribution >= 0.6 is 0 Å². The molecule has 6 heteroatoms. The van der Waals surface area contributed by atoms with Gasteiger partial charge in [-0.3, -0.25) is 4.90 Å². The second-order valence-electron chi connectivity index (χ2n) is 10.1. The van der Waals surface area contributed by atoms with Gasteiger partial charge in [0.25, 0.3) is 0 Å². The van der Waals surface area contributed by atoms with Gasteiger partial charge in [0, 0.05) is 0 Å². The standard InChI is InChI=1S/C23H40NO4.K/c1-10-17(14-15-22(6,7)11-2)19(25)13-12-18-16-27-23(8,9)24(18)20(26)28-21(3,4)5;/h17-19H,10-11,14-16H2,1-9H3;/q-1;+1. The van der Waals surface area contributed by atoms with E-state index in [1.807, 2.05) is 41.5 Å². The normalized spacial score (nSPS) is 20.9. The number of hydrogen-bond acceptors (Lipinski definition) is 4. The van der Waals surface area contributed by atoms with Crippen LogP contribution in [0.2, 0.25) is 0 Å². The van der Waals surface area contributed by atoms with E-state index in [1.165, 1.54) is 4.90 Å². The first kappa shape index (κ1) is 29.4. The predicted molar refractivity (Wildman–Crippen MR) is 111 cm³/mol. The van der Waals surface area contributed by atoms with Crippen molar-refractivity contribution in [2.45, 2.75) is 111 Å². The molecule has 0 saturated carbocycles. The Labute approximate surface area is 221 Å². The molecule has 5 nitrogen and oxygen atoms in total. The van der Waals surface area contributed by atoms with Crippen molar-refractivity contribution >= 4 is 6.09 Å². The summed E-state index contributed by atoms with van der Waals surface area (Å²) in [5, 5.41) is 12.7. The van der Waals surface area contributed by atoms with Crippen molar-refractivity contribution in [1.29, 1.82) is 0 Å². The number of carbonyl (C=O) groups is 1. The van der Waals surface area contributed by atoms with Gasteiger partial charge in [0.15, 0.2) is 0 Å². The van der Waals surface area contributed by atoms with E-state index in [0.29, 0.717) is 0 Å². The zero-order valence-corrected chi connectivity index (χ0v) is 23.5. The summed E-state index contributed by atoms with van der Waals surface area (Å²) in [7, 11) is 0. The maximum atomic E-state index is 12.7. The fourth-order valence-electron chi connectivity index (χ4n) is 3.19. The van der Waals surface area contributed by atoms with E-state index in [2.05, 4.69) is 32.6 Å². The topological polar surface area (TPSA) is 61.8 Å². The number of hydrogen-bond donors (Lipinski definition) is 0. The Morgan fingerprint density at radius 3 is 2.34 bits per heavy atom. The zero-order chi connectivity index (χ0) is 21.8. The van der Waals surface area contributed by atoms with E-state index in [1.54, 1.807) is 0 Å². The molecule has 1 heterocycles. The summed E-state index contributed by atoms with van der Waals surface area (Å²) in [5.41, 5.74) is -1.17. The molecule has 0 spiro atoms. The van der Waals surface area contributed by atoms with Crippen molar-refractivity contribution in [1.82, 2.24) is 4.90 Å². The molecular weight excluding hydrogens is 393 g/mol. The molecule has 0 N–H and O–H groups in total. The van der Waals surface area contributed by atoms with Crippen LogP contribution in [0.25, 0.3) is 0 Å². The number of carbonyl (C=O) groups excluding carboxylic acids is 1. The fraction of sp³-hybridized carbons (Fsp3) is 0.870. The average molecular weight is 434 g/mol. The van der Waals surface area contributed by atoms with Crippen LogP contribution in [0, 0.1) is 23.2 Å². The smallest absolute Gasteiger partial charge is 0.842 e. The van der Waals surface area contributed by atoms with Crippen LogP contribution in [0.4, 0.5) is 4.79 Å². The van der Waals surface area contributed by atoms with Crippen molar-refractivity contribution in [2.24, 2.45) is 11.3 Å². The van der Waals surface area contributed by atoms with Gasteiger partial charge in [-0.1, -0.05) is 59.0 Å². The van der Waals surface area contributed by atoms with Crippen LogP contribution in [0.3, 0.4) is 0 Å². The molecule has 0 radical (unpaired) electrons. The Hall–Kier alpha value is 0.386. The van der Waals surface area contributed by atoms with Gasteiger partial charge in [-0.25, -0.2) is 4.79 Å². The molecular formula is C23H40KNO4. The number of amides is 1. The average Bonchev–Trinajstić information content (AvgIpc) is 2.86. The summed E-state index contributed by atoms with van der Waals surface area (Å²) in [5.74, 6) is 5.91. The Bertz CT molecular complexity index is 586. The van der Waals surface area contributed by atoms with Crippen molar-refractivity contribution in [2.75, 3.05) is 6.61 Å². The summed E-state index contributed by atoms with van der Waals surface area (Å²) >= 11 is 0. The summed E-state index contributed by atoms with van der Waals surface area (Å²) in [4.78, 5) is 14.2. The predicted octanol–water partition coefficient (Wildman–Crippen LogP) is 1.34. The molecule has 1 rings (SSSR count). The molecule has 0 aliphatic carbocycles. The molecule has 29 heavy (non-hydrogen) atoms. The van der Waals surface area contributed by atoms with Crippen molar-refractivity contribution < 1.29 is 70.8 Å². The molecule has 3 unspecified atom stereocenters. The van der Waals surface area contributed by atoms with E-state index in [9.17, 15) is 9.90 Å². The number of rotatable bonds is 6. The summed E-state index contributed by atoms with van der Waals surface area (Å²) in [6.07, 6.45) is 2.38. The Morgan fingerprint density at radius 2 is 1.86 bits per heavy atom. The third kappa shape index (κ3) is 9.59. The van der Waals surface area contributed by atoms with Gasteiger partial charge in [-0.05, 0) is 52.4 Å².